The minimum Gasteiger partial charge on any atom is -0.490 e. The number of benzene rings is 1. The molecule has 1 fully saturated rings. The predicted octanol–water partition coefficient (Wildman–Crippen LogP) is 4.82. The van der Waals surface area contributed by atoms with Gasteiger partial charge in [-0.2, -0.15) is 18.2 Å². The van der Waals surface area contributed by atoms with Crippen LogP contribution in [0.2, 0.25) is 5.15 Å². The third-order valence-corrected chi connectivity index (χ3v) is 5.69. The van der Waals surface area contributed by atoms with Crippen molar-refractivity contribution >= 4 is 23.2 Å². The van der Waals surface area contributed by atoms with E-state index in [1.165, 1.54) is 12.4 Å². The smallest absolute Gasteiger partial charge is 0.408 e. The van der Waals surface area contributed by atoms with Gasteiger partial charge >= 0.3 is 6.18 Å². The topological polar surface area (TPSA) is 63.5 Å². The lowest BCUT2D eigenvalue weighted by molar-refractivity contribution is -0.138. The van der Waals surface area contributed by atoms with Crippen molar-refractivity contribution in [2.45, 2.75) is 44.1 Å². The van der Waals surface area contributed by atoms with E-state index >= 15 is 8.78 Å². The van der Waals surface area contributed by atoms with Crippen LogP contribution in [-0.2, 0) is 0 Å². The van der Waals surface area contributed by atoms with Crippen molar-refractivity contribution in [2.24, 2.45) is 0 Å². The fourth-order valence-corrected chi connectivity index (χ4v) is 3.77. The highest BCUT2D eigenvalue weighted by molar-refractivity contribution is 6.33. The molecule has 0 bridgehead atoms. The molecule has 3 aromatic rings. The summed E-state index contributed by atoms with van der Waals surface area (Å²) in [5.41, 5.74) is -0.974. The molecule has 2 aromatic heterocycles. The largest absolute Gasteiger partial charge is 0.490 e. The second kappa shape index (κ2) is 8.36. The number of nitrogens with zero attached hydrogens (tertiary/aromatic N) is 3. The van der Waals surface area contributed by atoms with E-state index in [4.69, 9.17) is 16.3 Å². The van der Waals surface area contributed by atoms with E-state index in [1.807, 2.05) is 7.05 Å². The Kier molecular flexibility index (Phi) is 5.89. The molecule has 12 heteroatoms. The van der Waals surface area contributed by atoms with Gasteiger partial charge in [0, 0.05) is 30.6 Å². The highest BCUT2D eigenvalue weighted by Gasteiger charge is 2.37. The van der Waals surface area contributed by atoms with Crippen molar-refractivity contribution < 1.29 is 26.7 Å². The van der Waals surface area contributed by atoms with Gasteiger partial charge in [0.1, 0.15) is 40.5 Å². The summed E-state index contributed by atoms with van der Waals surface area (Å²) in [6.07, 6.45) is -0.824. The number of alkyl halides is 3. The normalized spacial score (nSPS) is 19.6. The van der Waals surface area contributed by atoms with Crippen molar-refractivity contribution in [3.8, 4) is 16.9 Å². The second-order valence-corrected chi connectivity index (χ2v) is 7.95. The number of nitrogens with one attached hydrogen (secondary N) is 2. The monoisotopic (exact) mass is 475 g/mol. The summed E-state index contributed by atoms with van der Waals surface area (Å²) < 4.78 is 76.6. The van der Waals surface area contributed by atoms with Crippen molar-refractivity contribution in [1.29, 1.82) is 0 Å². The highest BCUT2D eigenvalue weighted by Crippen LogP contribution is 2.40. The van der Waals surface area contributed by atoms with Crippen molar-refractivity contribution in [3.63, 3.8) is 0 Å². The molecule has 0 unspecified atom stereocenters. The van der Waals surface area contributed by atoms with E-state index in [0.717, 1.165) is 23.5 Å². The Morgan fingerprint density at radius 3 is 2.44 bits per heavy atom. The fraction of sp³-hybridized carbons (Fsp3) is 0.400. The van der Waals surface area contributed by atoms with Crippen LogP contribution in [0.4, 0.5) is 27.8 Å². The number of hydrogen-bond acceptors (Lipinski definition) is 5. The van der Waals surface area contributed by atoms with Crippen LogP contribution in [0.5, 0.6) is 5.75 Å². The predicted molar refractivity (Wildman–Crippen MR) is 109 cm³/mol. The second-order valence-electron chi connectivity index (χ2n) is 7.59. The molecule has 6 nitrogen and oxygen atoms in total. The molecule has 0 amide bonds. The first-order valence-corrected chi connectivity index (χ1v) is 10.2. The van der Waals surface area contributed by atoms with Crippen LogP contribution >= 0.6 is 11.6 Å². The van der Waals surface area contributed by atoms with Gasteiger partial charge in [0.2, 0.25) is 5.78 Å². The number of imidazole rings is 1. The van der Waals surface area contributed by atoms with Crippen LogP contribution in [-0.4, -0.2) is 45.8 Å². The Morgan fingerprint density at radius 1 is 1.19 bits per heavy atom. The van der Waals surface area contributed by atoms with Gasteiger partial charge in [-0.1, -0.05) is 11.6 Å². The fourth-order valence-electron chi connectivity index (χ4n) is 3.51. The van der Waals surface area contributed by atoms with Gasteiger partial charge in [-0.3, -0.25) is 4.40 Å². The molecule has 1 saturated carbocycles. The Balaban J connectivity index is 1.77. The minimum atomic E-state index is -4.62. The maximum atomic E-state index is 15.1. The van der Waals surface area contributed by atoms with Gasteiger partial charge in [-0.25, -0.2) is 13.8 Å². The molecule has 1 aromatic carbocycles. The van der Waals surface area contributed by atoms with Crippen molar-refractivity contribution in [3.05, 3.63) is 41.3 Å². The quantitative estimate of drug-likeness (QED) is 0.395. The van der Waals surface area contributed by atoms with Gasteiger partial charge in [0.25, 0.3) is 0 Å². The van der Waals surface area contributed by atoms with E-state index in [1.54, 1.807) is 0 Å². The molecule has 2 N–H and O–H groups in total. The van der Waals surface area contributed by atoms with Crippen LogP contribution < -0.4 is 15.4 Å². The summed E-state index contributed by atoms with van der Waals surface area (Å²) >= 11 is 6.17. The number of ether oxygens (including phenoxy) is 1. The Hall–Kier alpha value is -2.66. The molecule has 0 aliphatic heterocycles. The molecule has 2 heterocycles. The molecule has 0 spiro atoms. The number of fused-ring (bicyclic) bond motifs is 1. The van der Waals surface area contributed by atoms with E-state index < -0.39 is 34.6 Å². The summed E-state index contributed by atoms with van der Waals surface area (Å²) in [4.78, 5) is 7.86. The molecule has 1 atom stereocenters. The molecule has 172 valence electrons. The molecule has 4 rings (SSSR count). The summed E-state index contributed by atoms with van der Waals surface area (Å²) in [6.45, 7) is 0.877. The summed E-state index contributed by atoms with van der Waals surface area (Å²) in [6, 6.07) is 0.204. The first-order valence-electron chi connectivity index (χ1n) is 9.77. The number of halogens is 6. The van der Waals surface area contributed by atoms with Gasteiger partial charge in [-0.15, -0.1) is 0 Å². The number of aromatic nitrogens is 3. The number of rotatable bonds is 6. The van der Waals surface area contributed by atoms with E-state index in [0.29, 0.717) is 12.8 Å². The van der Waals surface area contributed by atoms with Crippen LogP contribution in [0.1, 0.15) is 19.8 Å². The lowest BCUT2D eigenvalue weighted by atomic mass is 9.89. The Morgan fingerprint density at radius 2 is 1.84 bits per heavy atom. The molecule has 1 aliphatic carbocycles. The van der Waals surface area contributed by atoms with Crippen LogP contribution in [0.25, 0.3) is 16.9 Å². The maximum absolute atomic E-state index is 15.1. The lowest BCUT2D eigenvalue weighted by Crippen LogP contribution is -2.45. The Labute approximate surface area is 184 Å². The van der Waals surface area contributed by atoms with E-state index in [-0.39, 0.29) is 35.1 Å². The van der Waals surface area contributed by atoms with E-state index in [2.05, 4.69) is 20.6 Å². The third kappa shape index (κ3) is 4.18. The van der Waals surface area contributed by atoms with Crippen LogP contribution in [0.3, 0.4) is 0 Å². The van der Waals surface area contributed by atoms with Crippen molar-refractivity contribution in [2.75, 3.05) is 12.4 Å². The van der Waals surface area contributed by atoms with Gasteiger partial charge < -0.3 is 15.4 Å². The molecule has 1 aliphatic rings. The summed E-state index contributed by atoms with van der Waals surface area (Å²) in [5.74, 6) is -2.43. The molecule has 0 saturated heterocycles. The zero-order valence-electron chi connectivity index (χ0n) is 17.0. The highest BCUT2D eigenvalue weighted by atomic mass is 35.5. The van der Waals surface area contributed by atoms with E-state index in [9.17, 15) is 13.2 Å². The van der Waals surface area contributed by atoms with Crippen molar-refractivity contribution in [1.82, 2.24) is 19.7 Å². The lowest BCUT2D eigenvalue weighted by Gasteiger charge is -2.35. The van der Waals surface area contributed by atoms with Gasteiger partial charge in [-0.05, 0) is 26.8 Å². The minimum absolute atomic E-state index is 0.0192. The van der Waals surface area contributed by atoms with Gasteiger partial charge in [0.15, 0.2) is 0 Å². The average Bonchev–Trinajstić information content (AvgIpc) is 3.13. The van der Waals surface area contributed by atoms with Gasteiger partial charge in [0.05, 0.1) is 11.1 Å². The molecule has 0 radical (unpaired) electrons. The number of hydrogen-bond donors (Lipinski definition) is 2. The molecule has 32 heavy (non-hydrogen) atoms. The maximum Gasteiger partial charge on any atom is 0.408 e. The first-order chi connectivity index (χ1) is 15.1. The summed E-state index contributed by atoms with van der Waals surface area (Å²) in [7, 11) is 1.81. The first kappa shape index (κ1) is 22.5. The zero-order valence-corrected chi connectivity index (χ0v) is 17.7. The average molecular weight is 476 g/mol. The SMILES string of the molecule is CNC1CC(Oc2cc(F)c(-c3c(Cl)nc4nccn4c3N[C@@H](C)C(F)(F)F)c(F)c2)C1. The van der Waals surface area contributed by atoms with Crippen LogP contribution in [0, 0.1) is 11.6 Å². The Bertz CT molecular complexity index is 1120. The van der Waals surface area contributed by atoms with Crippen LogP contribution in [0.15, 0.2) is 24.5 Å². The number of anilines is 1. The zero-order chi connectivity index (χ0) is 23.2. The third-order valence-electron chi connectivity index (χ3n) is 5.42. The summed E-state index contributed by atoms with van der Waals surface area (Å²) in [5, 5.41) is 4.93. The standard InChI is InChI=1S/C20H19ClF5N5O/c1-9(20(24,25)26)29-18-16(17(21)30-19-28-3-4-31(18)19)15-13(22)7-12(8-14(15)23)32-11-5-10(6-11)27-2/h3-4,7-11,27,29H,5-6H2,1-2H3/t9-,10?,11?/m0/s1. The molecular formula is C20H19ClF5N5O. The molecular weight excluding hydrogens is 457 g/mol.